The quantitative estimate of drug-likeness (QED) is 0.682. The van der Waals surface area contributed by atoms with Gasteiger partial charge in [-0.25, -0.2) is 4.98 Å². The highest BCUT2D eigenvalue weighted by molar-refractivity contribution is 7.13. The van der Waals surface area contributed by atoms with Crippen molar-refractivity contribution in [1.29, 1.82) is 0 Å². The van der Waals surface area contributed by atoms with Gasteiger partial charge in [-0.05, 0) is 43.2 Å². The predicted octanol–water partition coefficient (Wildman–Crippen LogP) is 4.57. The Morgan fingerprint density at radius 2 is 1.89 bits per heavy atom. The molecular weight excluding hydrogens is 358 g/mol. The Morgan fingerprint density at radius 3 is 2.67 bits per heavy atom. The van der Waals surface area contributed by atoms with Crippen molar-refractivity contribution in [3.8, 4) is 10.6 Å². The largest absolute Gasteiger partial charge is 0.326 e. The zero-order valence-electron chi connectivity index (χ0n) is 15.5. The molecule has 0 bridgehead atoms. The number of thiazole rings is 1. The van der Waals surface area contributed by atoms with Crippen LogP contribution in [0.25, 0.3) is 10.6 Å². The summed E-state index contributed by atoms with van der Waals surface area (Å²) in [7, 11) is 0. The number of aryl methyl sites for hydroxylation is 2. The van der Waals surface area contributed by atoms with Crippen molar-refractivity contribution in [2.24, 2.45) is 0 Å². The molecular formula is C21H21N3O2S. The zero-order chi connectivity index (χ0) is 19.4. The minimum atomic E-state index is -0.116. The van der Waals surface area contributed by atoms with Crippen molar-refractivity contribution >= 4 is 34.5 Å². The summed E-state index contributed by atoms with van der Waals surface area (Å²) < 4.78 is 0. The minimum Gasteiger partial charge on any atom is -0.326 e. The Balaban J connectivity index is 1.70. The lowest BCUT2D eigenvalue weighted by Gasteiger charge is -2.08. The molecule has 2 amide bonds. The summed E-state index contributed by atoms with van der Waals surface area (Å²) in [5, 5.41) is 8.43. The maximum Gasteiger partial charge on any atom is 0.230 e. The van der Waals surface area contributed by atoms with E-state index in [1.165, 1.54) is 18.3 Å². The van der Waals surface area contributed by atoms with Crippen molar-refractivity contribution in [1.82, 2.24) is 4.98 Å². The van der Waals surface area contributed by atoms with Gasteiger partial charge in [-0.15, -0.1) is 11.3 Å². The van der Waals surface area contributed by atoms with Crippen LogP contribution in [0.2, 0.25) is 0 Å². The van der Waals surface area contributed by atoms with Crippen molar-refractivity contribution in [3.63, 3.8) is 0 Å². The van der Waals surface area contributed by atoms with Crippen LogP contribution in [0.1, 0.15) is 23.7 Å². The highest BCUT2D eigenvalue weighted by atomic mass is 32.1. The van der Waals surface area contributed by atoms with E-state index in [-0.39, 0.29) is 18.2 Å². The smallest absolute Gasteiger partial charge is 0.230 e. The van der Waals surface area contributed by atoms with Crippen LogP contribution < -0.4 is 10.6 Å². The number of rotatable bonds is 5. The molecule has 1 heterocycles. The lowest BCUT2D eigenvalue weighted by Crippen LogP contribution is -2.15. The standard InChI is InChI=1S/C21H21N3O2S/c1-13-7-8-14(2)19(9-13)24-20(26)11-18-12-27-21(23-18)16-5-4-6-17(10-16)22-15(3)25/h4-10,12H,11H2,1-3H3,(H,22,25)(H,24,26). The fourth-order valence-corrected chi connectivity index (χ4v) is 3.50. The lowest BCUT2D eigenvalue weighted by atomic mass is 10.1. The van der Waals surface area contributed by atoms with Gasteiger partial charge in [-0.1, -0.05) is 24.3 Å². The Labute approximate surface area is 162 Å². The number of amides is 2. The molecule has 2 aromatic carbocycles. The van der Waals surface area contributed by atoms with E-state index in [0.717, 1.165) is 38.8 Å². The number of anilines is 2. The van der Waals surface area contributed by atoms with Gasteiger partial charge in [0.25, 0.3) is 0 Å². The molecule has 5 nitrogen and oxygen atoms in total. The number of hydrogen-bond acceptors (Lipinski definition) is 4. The summed E-state index contributed by atoms with van der Waals surface area (Å²) in [5.41, 5.74) is 5.33. The molecule has 0 radical (unpaired) electrons. The number of benzene rings is 2. The molecule has 0 saturated carbocycles. The van der Waals surface area contributed by atoms with Gasteiger partial charge >= 0.3 is 0 Å². The molecule has 0 atom stereocenters. The molecule has 138 valence electrons. The van der Waals surface area contributed by atoms with Crippen molar-refractivity contribution in [2.45, 2.75) is 27.2 Å². The van der Waals surface area contributed by atoms with Gasteiger partial charge < -0.3 is 10.6 Å². The molecule has 0 saturated heterocycles. The molecule has 6 heteroatoms. The number of carbonyl (C=O) groups is 2. The molecule has 1 aromatic heterocycles. The van der Waals surface area contributed by atoms with Gasteiger partial charge in [0, 0.05) is 29.2 Å². The van der Waals surface area contributed by atoms with E-state index in [4.69, 9.17) is 0 Å². The van der Waals surface area contributed by atoms with E-state index in [1.807, 2.05) is 61.7 Å². The van der Waals surface area contributed by atoms with Crippen molar-refractivity contribution < 1.29 is 9.59 Å². The first kappa shape index (κ1) is 18.8. The fraction of sp³-hybridized carbons (Fsp3) is 0.190. The molecule has 3 aromatic rings. The number of hydrogen-bond donors (Lipinski definition) is 2. The maximum atomic E-state index is 12.4. The first-order valence-electron chi connectivity index (χ1n) is 8.60. The third-order valence-electron chi connectivity index (χ3n) is 3.99. The Kier molecular flexibility index (Phi) is 5.66. The van der Waals surface area contributed by atoms with Crippen LogP contribution in [0, 0.1) is 13.8 Å². The highest BCUT2D eigenvalue weighted by Crippen LogP contribution is 2.26. The summed E-state index contributed by atoms with van der Waals surface area (Å²) in [5.74, 6) is -0.206. The Hall–Kier alpha value is -2.99. The third-order valence-corrected chi connectivity index (χ3v) is 4.93. The van der Waals surface area contributed by atoms with Crippen LogP contribution in [0.4, 0.5) is 11.4 Å². The summed E-state index contributed by atoms with van der Waals surface area (Å²) in [6.07, 6.45) is 0.218. The second kappa shape index (κ2) is 8.14. The number of nitrogens with one attached hydrogen (secondary N) is 2. The van der Waals surface area contributed by atoms with Crippen LogP contribution in [0.5, 0.6) is 0 Å². The van der Waals surface area contributed by atoms with E-state index in [9.17, 15) is 9.59 Å². The molecule has 0 aliphatic carbocycles. The molecule has 0 aliphatic rings. The van der Waals surface area contributed by atoms with Crippen LogP contribution in [-0.4, -0.2) is 16.8 Å². The zero-order valence-corrected chi connectivity index (χ0v) is 16.3. The van der Waals surface area contributed by atoms with Crippen LogP contribution >= 0.6 is 11.3 Å². The first-order chi connectivity index (χ1) is 12.9. The van der Waals surface area contributed by atoms with Crippen LogP contribution in [0.15, 0.2) is 47.8 Å². The lowest BCUT2D eigenvalue weighted by molar-refractivity contribution is -0.116. The van der Waals surface area contributed by atoms with Crippen molar-refractivity contribution in [3.05, 3.63) is 64.7 Å². The number of aromatic nitrogens is 1. The topological polar surface area (TPSA) is 71.1 Å². The van der Waals surface area contributed by atoms with E-state index in [1.54, 1.807) is 0 Å². The molecule has 0 aliphatic heterocycles. The molecule has 0 unspecified atom stereocenters. The normalized spacial score (nSPS) is 10.5. The second-order valence-electron chi connectivity index (χ2n) is 6.45. The average molecular weight is 379 g/mol. The van der Waals surface area contributed by atoms with Gasteiger partial charge in [0.1, 0.15) is 5.01 Å². The van der Waals surface area contributed by atoms with Gasteiger partial charge in [0.05, 0.1) is 12.1 Å². The van der Waals surface area contributed by atoms with Crippen LogP contribution in [0.3, 0.4) is 0 Å². The Morgan fingerprint density at radius 1 is 1.07 bits per heavy atom. The minimum absolute atomic E-state index is 0.0902. The maximum absolute atomic E-state index is 12.4. The average Bonchev–Trinajstić information content (AvgIpc) is 3.06. The van der Waals surface area contributed by atoms with Crippen molar-refractivity contribution in [2.75, 3.05) is 10.6 Å². The molecule has 3 rings (SSSR count). The summed E-state index contributed by atoms with van der Waals surface area (Å²) in [6.45, 7) is 5.44. The van der Waals surface area contributed by atoms with E-state index < -0.39 is 0 Å². The summed E-state index contributed by atoms with van der Waals surface area (Å²) in [6, 6.07) is 13.5. The highest BCUT2D eigenvalue weighted by Gasteiger charge is 2.11. The second-order valence-corrected chi connectivity index (χ2v) is 7.31. The monoisotopic (exact) mass is 379 g/mol. The van der Waals surface area contributed by atoms with Gasteiger partial charge in [-0.3, -0.25) is 9.59 Å². The van der Waals surface area contributed by atoms with Gasteiger partial charge in [0.15, 0.2) is 0 Å². The summed E-state index contributed by atoms with van der Waals surface area (Å²) >= 11 is 1.48. The SMILES string of the molecule is CC(=O)Nc1cccc(-c2nc(CC(=O)Nc3cc(C)ccc3C)cs2)c1. The number of nitrogens with zero attached hydrogens (tertiary/aromatic N) is 1. The van der Waals surface area contributed by atoms with Crippen LogP contribution in [-0.2, 0) is 16.0 Å². The van der Waals surface area contributed by atoms with Gasteiger partial charge in [0.2, 0.25) is 11.8 Å². The van der Waals surface area contributed by atoms with Gasteiger partial charge in [-0.2, -0.15) is 0 Å². The predicted molar refractivity (Wildman–Crippen MR) is 110 cm³/mol. The molecule has 27 heavy (non-hydrogen) atoms. The molecule has 0 fully saturated rings. The van der Waals surface area contributed by atoms with E-state index >= 15 is 0 Å². The van der Waals surface area contributed by atoms with E-state index in [0.29, 0.717) is 0 Å². The first-order valence-corrected chi connectivity index (χ1v) is 9.48. The Bertz CT molecular complexity index is 995. The third kappa shape index (κ3) is 5.01. The fourth-order valence-electron chi connectivity index (χ4n) is 2.68. The number of carbonyl (C=O) groups excluding carboxylic acids is 2. The molecule has 2 N–H and O–H groups in total. The summed E-state index contributed by atoms with van der Waals surface area (Å²) in [4.78, 5) is 28.2. The van der Waals surface area contributed by atoms with E-state index in [2.05, 4.69) is 15.6 Å². The molecule has 0 spiro atoms.